The van der Waals surface area contributed by atoms with Crippen LogP contribution in [-0.2, 0) is 19.4 Å². The van der Waals surface area contributed by atoms with Gasteiger partial charge in [-0.05, 0) is 13.3 Å². The standard InChI is InChI=1S/C19H21N5O/c1-13-20-15(11-18(25)21-13)12-24-9-7-16-17(8-10-24)22-23-19(16)14-5-3-2-4-6-14/h2-6,11H,7-10,12H2,1H3,(H,22,23)(H,20,21,25). The molecule has 0 bridgehead atoms. The van der Waals surface area contributed by atoms with Gasteiger partial charge in [-0.25, -0.2) is 4.98 Å². The van der Waals surface area contributed by atoms with Crippen molar-refractivity contribution in [2.24, 2.45) is 0 Å². The van der Waals surface area contributed by atoms with Crippen LogP contribution in [0.1, 0.15) is 22.8 Å². The lowest BCUT2D eigenvalue weighted by molar-refractivity contribution is 0.275. The van der Waals surface area contributed by atoms with E-state index in [2.05, 4.69) is 37.2 Å². The maximum atomic E-state index is 11.6. The molecule has 6 nitrogen and oxygen atoms in total. The Morgan fingerprint density at radius 2 is 1.96 bits per heavy atom. The first-order valence-corrected chi connectivity index (χ1v) is 8.60. The fourth-order valence-corrected chi connectivity index (χ4v) is 3.47. The predicted molar refractivity (Wildman–Crippen MR) is 96.3 cm³/mol. The summed E-state index contributed by atoms with van der Waals surface area (Å²) >= 11 is 0. The van der Waals surface area contributed by atoms with Crippen molar-refractivity contribution < 1.29 is 0 Å². The van der Waals surface area contributed by atoms with Gasteiger partial charge in [0.05, 0.1) is 11.4 Å². The zero-order chi connectivity index (χ0) is 17.2. The second-order valence-electron chi connectivity index (χ2n) is 6.49. The first-order chi connectivity index (χ1) is 12.2. The van der Waals surface area contributed by atoms with Gasteiger partial charge in [-0.15, -0.1) is 0 Å². The van der Waals surface area contributed by atoms with E-state index in [9.17, 15) is 4.79 Å². The molecule has 4 rings (SSSR count). The van der Waals surface area contributed by atoms with Crippen molar-refractivity contribution in [3.63, 3.8) is 0 Å². The molecule has 25 heavy (non-hydrogen) atoms. The molecule has 0 aliphatic carbocycles. The number of nitrogens with zero attached hydrogens (tertiary/aromatic N) is 3. The van der Waals surface area contributed by atoms with Crippen molar-refractivity contribution in [1.82, 2.24) is 25.1 Å². The molecule has 0 fully saturated rings. The van der Waals surface area contributed by atoms with Crippen molar-refractivity contribution in [2.45, 2.75) is 26.3 Å². The number of nitrogens with one attached hydrogen (secondary N) is 2. The third-order valence-corrected chi connectivity index (χ3v) is 4.65. The van der Waals surface area contributed by atoms with Gasteiger partial charge in [0.25, 0.3) is 5.56 Å². The Bertz CT molecular complexity index is 928. The third-order valence-electron chi connectivity index (χ3n) is 4.65. The first-order valence-electron chi connectivity index (χ1n) is 8.60. The number of aromatic nitrogens is 4. The van der Waals surface area contributed by atoms with Crippen molar-refractivity contribution >= 4 is 0 Å². The molecule has 0 amide bonds. The number of hydrogen-bond donors (Lipinski definition) is 2. The van der Waals surface area contributed by atoms with Crippen LogP contribution in [0.25, 0.3) is 11.3 Å². The van der Waals surface area contributed by atoms with Gasteiger partial charge in [-0.3, -0.25) is 14.8 Å². The summed E-state index contributed by atoms with van der Waals surface area (Å²) in [6.07, 6.45) is 1.87. The Kier molecular flexibility index (Phi) is 4.19. The molecule has 128 valence electrons. The van der Waals surface area contributed by atoms with Gasteiger partial charge in [0.15, 0.2) is 0 Å². The molecule has 0 radical (unpaired) electrons. The molecule has 0 saturated carbocycles. The van der Waals surface area contributed by atoms with Gasteiger partial charge < -0.3 is 4.98 Å². The van der Waals surface area contributed by atoms with E-state index >= 15 is 0 Å². The molecular formula is C19H21N5O. The molecule has 2 aromatic heterocycles. The average molecular weight is 335 g/mol. The summed E-state index contributed by atoms with van der Waals surface area (Å²) in [6, 6.07) is 11.9. The molecule has 3 heterocycles. The predicted octanol–water partition coefficient (Wildman–Crippen LogP) is 2.07. The lowest BCUT2D eigenvalue weighted by Crippen LogP contribution is -2.27. The van der Waals surface area contributed by atoms with E-state index < -0.39 is 0 Å². The summed E-state index contributed by atoms with van der Waals surface area (Å²) in [5, 5.41) is 7.76. The SMILES string of the molecule is Cc1nc(CN2CCc3[nH]nc(-c4ccccc4)c3CC2)cc(=O)[nH]1. The van der Waals surface area contributed by atoms with Crippen molar-refractivity contribution in [3.8, 4) is 11.3 Å². The Balaban J connectivity index is 1.52. The number of aryl methyl sites for hydroxylation is 1. The minimum absolute atomic E-state index is 0.0851. The van der Waals surface area contributed by atoms with Crippen LogP contribution in [0.5, 0.6) is 0 Å². The van der Waals surface area contributed by atoms with Gasteiger partial charge >= 0.3 is 0 Å². The Labute approximate surface area is 145 Å². The summed E-state index contributed by atoms with van der Waals surface area (Å²) < 4.78 is 0. The average Bonchev–Trinajstić information content (AvgIpc) is 2.90. The smallest absolute Gasteiger partial charge is 0.251 e. The minimum Gasteiger partial charge on any atom is -0.311 e. The van der Waals surface area contributed by atoms with Crippen LogP contribution in [0.3, 0.4) is 0 Å². The third kappa shape index (κ3) is 3.39. The Hall–Kier alpha value is -2.73. The van der Waals surface area contributed by atoms with Gasteiger partial charge in [-0.2, -0.15) is 5.10 Å². The number of aromatic amines is 2. The largest absolute Gasteiger partial charge is 0.311 e. The molecule has 3 aromatic rings. The molecule has 0 atom stereocenters. The fraction of sp³-hybridized carbons (Fsp3) is 0.316. The Morgan fingerprint density at radius 1 is 1.16 bits per heavy atom. The first kappa shape index (κ1) is 15.8. The van der Waals surface area contributed by atoms with Gasteiger partial charge in [0.1, 0.15) is 5.82 Å². The summed E-state index contributed by atoms with van der Waals surface area (Å²) in [6.45, 7) is 4.37. The Morgan fingerprint density at radius 3 is 2.76 bits per heavy atom. The maximum Gasteiger partial charge on any atom is 0.251 e. The van der Waals surface area contributed by atoms with Crippen LogP contribution >= 0.6 is 0 Å². The van der Waals surface area contributed by atoms with Crippen LogP contribution < -0.4 is 5.56 Å². The zero-order valence-electron chi connectivity index (χ0n) is 14.2. The van der Waals surface area contributed by atoms with Gasteiger partial charge in [-0.1, -0.05) is 30.3 Å². The van der Waals surface area contributed by atoms with Crippen LogP contribution in [0.15, 0.2) is 41.2 Å². The van der Waals surface area contributed by atoms with Gasteiger partial charge in [0.2, 0.25) is 0 Å². The van der Waals surface area contributed by atoms with Gasteiger partial charge in [0, 0.05) is 48.9 Å². The maximum absolute atomic E-state index is 11.6. The van der Waals surface area contributed by atoms with E-state index in [0.717, 1.165) is 42.9 Å². The summed E-state index contributed by atoms with van der Waals surface area (Å²) in [7, 11) is 0. The number of hydrogen-bond acceptors (Lipinski definition) is 4. The number of rotatable bonds is 3. The minimum atomic E-state index is -0.0851. The highest BCUT2D eigenvalue weighted by atomic mass is 16.1. The normalized spacial score (nSPS) is 14.9. The van der Waals surface area contributed by atoms with Crippen molar-refractivity contribution in [1.29, 1.82) is 0 Å². The monoisotopic (exact) mass is 335 g/mol. The number of H-pyrrole nitrogens is 2. The molecule has 1 aliphatic rings. The lowest BCUT2D eigenvalue weighted by atomic mass is 10.0. The summed E-state index contributed by atoms with van der Waals surface area (Å²) in [5.74, 6) is 0.665. The van der Waals surface area contributed by atoms with Crippen molar-refractivity contribution in [3.05, 3.63) is 69.5 Å². The highest BCUT2D eigenvalue weighted by molar-refractivity contribution is 5.64. The second-order valence-corrected chi connectivity index (χ2v) is 6.49. The molecule has 1 aliphatic heterocycles. The molecule has 6 heteroatoms. The summed E-state index contributed by atoms with van der Waals surface area (Å²) in [5.41, 5.74) is 5.48. The molecule has 0 spiro atoms. The lowest BCUT2D eigenvalue weighted by Gasteiger charge is -2.19. The molecule has 1 aromatic carbocycles. The van der Waals surface area contributed by atoms with Crippen LogP contribution in [0.2, 0.25) is 0 Å². The van der Waals surface area contributed by atoms with E-state index in [1.807, 2.05) is 25.1 Å². The topological polar surface area (TPSA) is 77.7 Å². The zero-order valence-corrected chi connectivity index (χ0v) is 14.2. The highest BCUT2D eigenvalue weighted by Gasteiger charge is 2.20. The molecule has 0 saturated heterocycles. The second kappa shape index (κ2) is 6.64. The number of benzene rings is 1. The van der Waals surface area contributed by atoms with E-state index in [0.29, 0.717) is 12.4 Å². The van der Waals surface area contributed by atoms with Crippen LogP contribution in [0.4, 0.5) is 0 Å². The van der Waals surface area contributed by atoms with E-state index in [-0.39, 0.29) is 5.56 Å². The number of fused-ring (bicyclic) bond motifs is 1. The molecule has 2 N–H and O–H groups in total. The fourth-order valence-electron chi connectivity index (χ4n) is 3.47. The molecule has 0 unspecified atom stereocenters. The van der Waals surface area contributed by atoms with E-state index in [1.54, 1.807) is 6.07 Å². The quantitative estimate of drug-likeness (QED) is 0.768. The summed E-state index contributed by atoms with van der Waals surface area (Å²) in [4.78, 5) is 21.1. The van der Waals surface area contributed by atoms with E-state index in [1.165, 1.54) is 11.3 Å². The van der Waals surface area contributed by atoms with Crippen LogP contribution in [-0.4, -0.2) is 38.2 Å². The molecular weight excluding hydrogens is 314 g/mol. The van der Waals surface area contributed by atoms with E-state index in [4.69, 9.17) is 0 Å². The highest BCUT2D eigenvalue weighted by Crippen LogP contribution is 2.26. The van der Waals surface area contributed by atoms with Crippen LogP contribution in [0, 0.1) is 6.92 Å². The van der Waals surface area contributed by atoms with Crippen molar-refractivity contribution in [2.75, 3.05) is 13.1 Å².